The quantitative estimate of drug-likeness (QED) is 0.0825. The van der Waals surface area contributed by atoms with Crippen molar-refractivity contribution in [2.45, 2.75) is 83.1 Å². The van der Waals surface area contributed by atoms with E-state index in [4.69, 9.17) is 0 Å². The van der Waals surface area contributed by atoms with Crippen LogP contribution in [0.15, 0.2) is 79.1 Å². The average molecular weight is 744 g/mol. The van der Waals surface area contributed by atoms with Crippen molar-refractivity contribution in [3.63, 3.8) is 0 Å². The molecule has 288 valence electrons. The van der Waals surface area contributed by atoms with Crippen molar-refractivity contribution in [3.8, 4) is 5.75 Å². The zero-order chi connectivity index (χ0) is 39.4. The first-order valence-corrected chi connectivity index (χ1v) is 18.2. The Bertz CT molecular complexity index is 1780. The van der Waals surface area contributed by atoms with E-state index in [1.165, 1.54) is 19.1 Å². The zero-order valence-electron chi connectivity index (χ0n) is 31.2. The van der Waals surface area contributed by atoms with E-state index < -0.39 is 66.4 Å². The number of Topliss-reactive ketones (excluding diaryl/α,β-unsaturated/α-hetero) is 1. The number of aliphatic carboxylic acids is 1. The number of nitrogens with one attached hydrogen (secondary N) is 4. The van der Waals surface area contributed by atoms with Crippen molar-refractivity contribution in [2.75, 3.05) is 13.1 Å². The van der Waals surface area contributed by atoms with Gasteiger partial charge in [-0.05, 0) is 74.4 Å². The number of phenols is 1. The Morgan fingerprint density at radius 2 is 1.50 bits per heavy atom. The summed E-state index contributed by atoms with van der Waals surface area (Å²) < 4.78 is 1.79. The average Bonchev–Trinajstić information content (AvgIpc) is 3.62. The molecule has 1 fully saturated rings. The highest BCUT2D eigenvalue weighted by atomic mass is 16.4. The molecule has 1 aliphatic heterocycles. The lowest BCUT2D eigenvalue weighted by Crippen LogP contribution is -2.57. The molecule has 4 amide bonds. The summed E-state index contributed by atoms with van der Waals surface area (Å²) in [5.41, 5.74) is 2.00. The van der Waals surface area contributed by atoms with Crippen LogP contribution in [0.5, 0.6) is 5.75 Å². The number of carboxylic acids is 1. The summed E-state index contributed by atoms with van der Waals surface area (Å²) in [6, 6.07) is 14.1. The van der Waals surface area contributed by atoms with Gasteiger partial charge >= 0.3 is 5.97 Å². The van der Waals surface area contributed by atoms with Gasteiger partial charge in [0.2, 0.25) is 23.6 Å². The summed E-state index contributed by atoms with van der Waals surface area (Å²) in [4.78, 5) is 80.9. The normalized spacial score (nSPS) is 16.4. The zero-order valence-corrected chi connectivity index (χ0v) is 31.2. The van der Waals surface area contributed by atoms with Crippen LogP contribution < -0.4 is 25.8 Å². The van der Waals surface area contributed by atoms with E-state index in [9.17, 15) is 39.0 Å². The number of aromatic hydroxyl groups is 1. The number of hydrogen-bond donors (Lipinski definition) is 6. The molecule has 2 heterocycles. The molecule has 14 heteroatoms. The fourth-order valence-electron chi connectivity index (χ4n) is 6.55. The van der Waals surface area contributed by atoms with Gasteiger partial charge < -0.3 is 31.5 Å². The van der Waals surface area contributed by atoms with Crippen molar-refractivity contribution in [3.05, 3.63) is 95.8 Å². The number of likely N-dealkylation sites (tertiary alicyclic amines) is 1. The number of hydrogen-bond acceptors (Lipinski definition) is 8. The predicted octanol–water partition coefficient (Wildman–Crippen LogP) is 1.44. The van der Waals surface area contributed by atoms with Crippen LogP contribution in [-0.2, 0) is 43.9 Å². The summed E-state index contributed by atoms with van der Waals surface area (Å²) in [5.74, 6) is -3.73. The fourth-order valence-corrected chi connectivity index (χ4v) is 6.55. The van der Waals surface area contributed by atoms with Crippen LogP contribution in [0, 0.1) is 5.92 Å². The standard InChI is InChI=1S/C40H50N6O8/c1-25(2)20-32(40(53)54)44-38(51)31(21-27-10-6-5-7-11-27)43-35(48)23-41-37(50)26(3)42-39(52)34(22-28-14-16-30(47)17-15-28)46-19-9-13-33(46)36(49)29-12-8-18-45(4)24-29/h5-8,10-12,14-18,24-26,31-34H,9,13,19-23H2,1-4H3,(H5-,41,42,43,44,47,48,50,51,52,53,54)/p+1/t26-,31-,32-,33-,34-/m0/s1. The van der Waals surface area contributed by atoms with Crippen LogP contribution in [0.3, 0.4) is 0 Å². The minimum absolute atomic E-state index is 0.00794. The molecule has 0 spiro atoms. The number of nitrogens with zero attached hydrogens (tertiary/aromatic N) is 2. The summed E-state index contributed by atoms with van der Waals surface area (Å²) in [6.07, 6.45) is 5.30. The van der Waals surface area contributed by atoms with Gasteiger partial charge in [0, 0.05) is 12.5 Å². The van der Waals surface area contributed by atoms with Crippen molar-refractivity contribution >= 4 is 35.4 Å². The summed E-state index contributed by atoms with van der Waals surface area (Å²) >= 11 is 0. The molecule has 0 bridgehead atoms. The first-order chi connectivity index (χ1) is 25.7. The number of amides is 4. The fraction of sp³-hybridized carbons (Fsp3) is 0.425. The maximum atomic E-state index is 13.9. The van der Waals surface area contributed by atoms with Gasteiger partial charge in [-0.1, -0.05) is 56.3 Å². The maximum Gasteiger partial charge on any atom is 0.326 e. The van der Waals surface area contributed by atoms with Crippen LogP contribution in [-0.4, -0.2) is 93.8 Å². The summed E-state index contributed by atoms with van der Waals surface area (Å²) in [6.45, 7) is 5.12. The number of carbonyl (C=O) groups excluding carboxylic acids is 5. The van der Waals surface area contributed by atoms with Crippen LogP contribution in [0.1, 0.15) is 61.5 Å². The van der Waals surface area contributed by atoms with Crippen LogP contribution in [0.2, 0.25) is 0 Å². The van der Waals surface area contributed by atoms with Crippen molar-refractivity contribution < 1.29 is 43.5 Å². The van der Waals surface area contributed by atoms with E-state index in [0.717, 1.165) is 11.1 Å². The molecule has 14 nitrogen and oxygen atoms in total. The van der Waals surface area contributed by atoms with Crippen LogP contribution >= 0.6 is 0 Å². The Morgan fingerprint density at radius 1 is 0.815 bits per heavy atom. The molecule has 6 N–H and O–H groups in total. The number of aromatic nitrogens is 1. The second-order valence-corrected chi connectivity index (χ2v) is 14.2. The second kappa shape index (κ2) is 19.4. The van der Waals surface area contributed by atoms with Gasteiger partial charge in [-0.25, -0.2) is 9.36 Å². The maximum absolute atomic E-state index is 13.9. The van der Waals surface area contributed by atoms with E-state index in [0.29, 0.717) is 24.9 Å². The van der Waals surface area contributed by atoms with Crippen LogP contribution in [0.4, 0.5) is 0 Å². The van der Waals surface area contributed by atoms with Crippen molar-refractivity contribution in [2.24, 2.45) is 13.0 Å². The van der Waals surface area contributed by atoms with Gasteiger partial charge in [-0.2, -0.15) is 0 Å². The first-order valence-electron chi connectivity index (χ1n) is 18.2. The van der Waals surface area contributed by atoms with Gasteiger partial charge in [-0.3, -0.25) is 28.9 Å². The molecule has 2 aromatic carbocycles. The smallest absolute Gasteiger partial charge is 0.326 e. The molecule has 0 unspecified atom stereocenters. The van der Waals surface area contributed by atoms with Crippen molar-refractivity contribution in [1.82, 2.24) is 26.2 Å². The molecule has 0 radical (unpaired) electrons. The van der Waals surface area contributed by atoms with Crippen LogP contribution in [0.25, 0.3) is 0 Å². The Labute approximate surface area is 315 Å². The minimum Gasteiger partial charge on any atom is -0.508 e. The lowest BCUT2D eigenvalue weighted by atomic mass is 9.99. The molecular weight excluding hydrogens is 692 g/mol. The molecule has 4 rings (SSSR count). The monoisotopic (exact) mass is 743 g/mol. The minimum atomic E-state index is -1.19. The third kappa shape index (κ3) is 12.0. The molecule has 0 saturated carbocycles. The van der Waals surface area contributed by atoms with E-state index in [-0.39, 0.29) is 36.7 Å². The highest BCUT2D eigenvalue weighted by Crippen LogP contribution is 2.26. The third-order valence-electron chi connectivity index (χ3n) is 9.32. The Hall–Kier alpha value is -5.63. The largest absolute Gasteiger partial charge is 0.508 e. The number of rotatable bonds is 18. The SMILES string of the molecule is CC(C)C[C@H](NC(=O)[C@H](Cc1ccccc1)NC(=O)CNC(=O)[C@H](C)NC(=O)[C@H](Cc1ccc(O)cc1)N1CCC[C@H]1C(=O)c1ccc[n+](C)c1)C(=O)O. The van der Waals surface area contributed by atoms with E-state index in [2.05, 4.69) is 21.3 Å². The molecule has 5 atom stereocenters. The highest BCUT2D eigenvalue weighted by Gasteiger charge is 2.40. The number of pyridine rings is 1. The Balaban J connectivity index is 1.42. The number of carboxylic acid groups (broad SMARTS) is 1. The van der Waals surface area contributed by atoms with E-state index in [1.54, 1.807) is 65.4 Å². The van der Waals surface area contributed by atoms with Gasteiger partial charge in [0.1, 0.15) is 30.9 Å². The molecule has 1 aromatic heterocycles. The molecule has 0 aliphatic carbocycles. The molecular formula is C40H51N6O8+. The predicted molar refractivity (Wildman–Crippen MR) is 199 cm³/mol. The number of benzene rings is 2. The highest BCUT2D eigenvalue weighted by molar-refractivity contribution is 6.00. The number of phenolic OH excluding ortho intramolecular Hbond substituents is 1. The van der Waals surface area contributed by atoms with Gasteiger partial charge in [-0.15, -0.1) is 0 Å². The number of aryl methyl sites for hydroxylation is 1. The first kappa shape index (κ1) is 41.1. The Kier molecular flexibility index (Phi) is 14.8. The lowest BCUT2D eigenvalue weighted by Gasteiger charge is -2.32. The number of ketones is 1. The van der Waals surface area contributed by atoms with Crippen molar-refractivity contribution in [1.29, 1.82) is 0 Å². The van der Waals surface area contributed by atoms with E-state index >= 15 is 0 Å². The second-order valence-electron chi connectivity index (χ2n) is 14.2. The molecule has 1 aliphatic rings. The molecule has 54 heavy (non-hydrogen) atoms. The molecule has 1 saturated heterocycles. The topological polar surface area (TPSA) is 198 Å². The summed E-state index contributed by atoms with van der Waals surface area (Å²) in [7, 11) is 1.82. The molecule has 3 aromatic rings. The van der Waals surface area contributed by atoms with Gasteiger partial charge in [0.25, 0.3) is 0 Å². The van der Waals surface area contributed by atoms with Gasteiger partial charge in [0.05, 0.1) is 24.2 Å². The van der Waals surface area contributed by atoms with E-state index in [1.807, 2.05) is 32.0 Å². The Morgan fingerprint density at radius 3 is 2.15 bits per heavy atom. The summed E-state index contributed by atoms with van der Waals surface area (Å²) in [5, 5.41) is 29.9. The third-order valence-corrected chi connectivity index (χ3v) is 9.32. The number of carbonyl (C=O) groups is 6. The van der Waals surface area contributed by atoms with Gasteiger partial charge in [0.15, 0.2) is 18.2 Å². The lowest BCUT2D eigenvalue weighted by molar-refractivity contribution is -0.671.